The van der Waals surface area contributed by atoms with Crippen molar-refractivity contribution in [2.24, 2.45) is 5.41 Å². The van der Waals surface area contributed by atoms with Crippen LogP contribution in [0.1, 0.15) is 37.8 Å². The predicted molar refractivity (Wildman–Crippen MR) is 98.2 cm³/mol. The Kier molecular flexibility index (Phi) is 5.12. The zero-order chi connectivity index (χ0) is 18.6. The normalized spacial score (nSPS) is 18.1. The largest absolute Gasteiger partial charge is 0.422 e. The molecule has 0 bridgehead atoms. The molecule has 26 heavy (non-hydrogen) atoms. The molecule has 1 aliphatic heterocycles. The van der Waals surface area contributed by atoms with Gasteiger partial charge in [-0.25, -0.2) is 0 Å². The minimum atomic E-state index is -1.36. The van der Waals surface area contributed by atoms with Crippen molar-refractivity contribution in [2.45, 2.75) is 45.3 Å². The summed E-state index contributed by atoms with van der Waals surface area (Å²) in [6, 6.07) is 19.0. The number of esters is 2. The summed E-state index contributed by atoms with van der Waals surface area (Å²) in [6.45, 7) is 3.71. The summed E-state index contributed by atoms with van der Waals surface area (Å²) >= 11 is 0. The predicted octanol–water partition coefficient (Wildman–Crippen LogP) is 4.07. The third-order valence-electron chi connectivity index (χ3n) is 5.11. The first-order chi connectivity index (χ1) is 12.5. The minimum absolute atomic E-state index is 0.254. The fourth-order valence-electron chi connectivity index (χ4n) is 3.42. The number of carbonyl (C=O) groups excluding carboxylic acids is 2. The summed E-state index contributed by atoms with van der Waals surface area (Å²) in [6.07, 6.45) is 1.38. The Hall–Kier alpha value is -2.62. The lowest BCUT2D eigenvalue weighted by atomic mass is 9.75. The molecule has 1 aliphatic rings. The molecule has 0 spiro atoms. The molecule has 0 radical (unpaired) electrons. The van der Waals surface area contributed by atoms with Crippen molar-refractivity contribution in [2.75, 3.05) is 0 Å². The van der Waals surface area contributed by atoms with E-state index in [1.807, 2.05) is 74.5 Å². The molecule has 0 amide bonds. The highest BCUT2D eigenvalue weighted by atomic mass is 16.7. The second-order valence-electron chi connectivity index (χ2n) is 6.80. The zero-order valence-electron chi connectivity index (χ0n) is 15.2. The van der Waals surface area contributed by atoms with E-state index in [1.165, 1.54) is 0 Å². The molecule has 4 heteroatoms. The van der Waals surface area contributed by atoms with E-state index >= 15 is 0 Å². The van der Waals surface area contributed by atoms with Gasteiger partial charge >= 0.3 is 11.9 Å². The number of hydrogen-bond acceptors (Lipinski definition) is 4. The standard InChI is InChI=1S/C22H24O4/c1-3-22(4-2)25-19(23)21(20(24)26-22,15-17-11-7-5-8-12-17)16-18-13-9-6-10-14-18/h5-14H,3-4,15-16H2,1-2H3. The van der Waals surface area contributed by atoms with E-state index in [9.17, 15) is 9.59 Å². The van der Waals surface area contributed by atoms with Crippen molar-refractivity contribution in [3.63, 3.8) is 0 Å². The highest BCUT2D eigenvalue weighted by molar-refractivity contribution is 6.02. The summed E-state index contributed by atoms with van der Waals surface area (Å²) in [5.74, 6) is -2.14. The molecule has 0 aliphatic carbocycles. The molecule has 0 aromatic heterocycles. The molecule has 4 nitrogen and oxygen atoms in total. The maximum absolute atomic E-state index is 13.1. The third-order valence-corrected chi connectivity index (χ3v) is 5.11. The lowest BCUT2D eigenvalue weighted by molar-refractivity contribution is -0.264. The number of carbonyl (C=O) groups is 2. The van der Waals surface area contributed by atoms with Crippen LogP contribution in [0, 0.1) is 5.41 Å². The molecule has 2 aromatic carbocycles. The molecular formula is C22H24O4. The second kappa shape index (κ2) is 7.32. The summed E-state index contributed by atoms with van der Waals surface area (Å²) in [5.41, 5.74) is 0.437. The Morgan fingerprint density at radius 1 is 0.692 bits per heavy atom. The van der Waals surface area contributed by atoms with Gasteiger partial charge in [0, 0.05) is 12.8 Å². The van der Waals surface area contributed by atoms with Gasteiger partial charge in [0.25, 0.3) is 5.79 Å². The van der Waals surface area contributed by atoms with Gasteiger partial charge in [0.1, 0.15) is 0 Å². The number of rotatable bonds is 6. The summed E-state index contributed by atoms with van der Waals surface area (Å²) in [7, 11) is 0. The lowest BCUT2D eigenvalue weighted by Crippen LogP contribution is -2.57. The molecule has 136 valence electrons. The molecular weight excluding hydrogens is 328 g/mol. The van der Waals surface area contributed by atoms with Gasteiger partial charge in [0.2, 0.25) is 0 Å². The monoisotopic (exact) mass is 352 g/mol. The van der Waals surface area contributed by atoms with Gasteiger partial charge in [-0.15, -0.1) is 0 Å². The Morgan fingerprint density at radius 2 is 1.08 bits per heavy atom. The van der Waals surface area contributed by atoms with Crippen molar-refractivity contribution in [3.8, 4) is 0 Å². The Labute approximate surface area is 154 Å². The van der Waals surface area contributed by atoms with Crippen LogP contribution in [0.4, 0.5) is 0 Å². The van der Waals surface area contributed by atoms with E-state index in [2.05, 4.69) is 0 Å². The quantitative estimate of drug-likeness (QED) is 0.581. The van der Waals surface area contributed by atoms with E-state index in [0.717, 1.165) is 11.1 Å². The molecule has 1 fully saturated rings. The number of hydrogen-bond donors (Lipinski definition) is 0. The molecule has 0 atom stereocenters. The molecule has 1 heterocycles. The van der Waals surface area contributed by atoms with Crippen molar-refractivity contribution in [3.05, 3.63) is 71.8 Å². The number of cyclic esters (lactones) is 2. The number of ether oxygens (including phenoxy) is 2. The van der Waals surface area contributed by atoms with Crippen molar-refractivity contribution in [1.82, 2.24) is 0 Å². The van der Waals surface area contributed by atoms with Crippen LogP contribution in [0.15, 0.2) is 60.7 Å². The first kappa shape index (κ1) is 18.2. The first-order valence-corrected chi connectivity index (χ1v) is 9.08. The fraction of sp³-hybridized carbons (Fsp3) is 0.364. The molecule has 3 rings (SSSR count). The smallest absolute Gasteiger partial charge is 0.327 e. The Balaban J connectivity index is 2.00. The van der Waals surface area contributed by atoms with Crippen LogP contribution in [0.2, 0.25) is 0 Å². The maximum Gasteiger partial charge on any atom is 0.327 e. The SMILES string of the molecule is CCC1(CC)OC(=O)C(Cc2ccccc2)(Cc2ccccc2)C(=O)O1. The van der Waals surface area contributed by atoms with E-state index in [-0.39, 0.29) is 12.8 Å². The molecule has 2 aromatic rings. The van der Waals surface area contributed by atoms with E-state index in [0.29, 0.717) is 12.8 Å². The van der Waals surface area contributed by atoms with Gasteiger partial charge < -0.3 is 9.47 Å². The van der Waals surface area contributed by atoms with Crippen molar-refractivity contribution in [1.29, 1.82) is 0 Å². The van der Waals surface area contributed by atoms with Gasteiger partial charge in [-0.2, -0.15) is 0 Å². The lowest BCUT2D eigenvalue weighted by Gasteiger charge is -2.43. The second-order valence-corrected chi connectivity index (χ2v) is 6.80. The third kappa shape index (κ3) is 3.36. The fourth-order valence-corrected chi connectivity index (χ4v) is 3.42. The summed E-state index contributed by atoms with van der Waals surface area (Å²) in [5, 5.41) is 0. The molecule has 0 saturated carbocycles. The Bertz CT molecular complexity index is 700. The van der Waals surface area contributed by atoms with Crippen LogP contribution in [0.5, 0.6) is 0 Å². The Morgan fingerprint density at radius 3 is 1.42 bits per heavy atom. The van der Waals surface area contributed by atoms with Crippen LogP contribution in [0.25, 0.3) is 0 Å². The van der Waals surface area contributed by atoms with Gasteiger partial charge in [-0.05, 0) is 24.0 Å². The van der Waals surface area contributed by atoms with E-state index in [4.69, 9.17) is 9.47 Å². The highest BCUT2D eigenvalue weighted by Crippen LogP contribution is 2.40. The van der Waals surface area contributed by atoms with Crippen molar-refractivity contribution < 1.29 is 19.1 Å². The molecule has 0 unspecified atom stereocenters. The van der Waals surface area contributed by atoms with Crippen molar-refractivity contribution >= 4 is 11.9 Å². The van der Waals surface area contributed by atoms with E-state index in [1.54, 1.807) is 0 Å². The summed E-state index contributed by atoms with van der Waals surface area (Å²) in [4.78, 5) is 26.3. The van der Waals surface area contributed by atoms with E-state index < -0.39 is 23.1 Å². The molecule has 0 N–H and O–H groups in total. The van der Waals surface area contributed by atoms with Gasteiger partial charge in [-0.1, -0.05) is 74.5 Å². The van der Waals surface area contributed by atoms with Crippen LogP contribution in [0.3, 0.4) is 0 Å². The maximum atomic E-state index is 13.1. The average Bonchev–Trinajstić information content (AvgIpc) is 2.67. The zero-order valence-corrected chi connectivity index (χ0v) is 15.2. The van der Waals surface area contributed by atoms with Crippen LogP contribution < -0.4 is 0 Å². The van der Waals surface area contributed by atoms with Crippen LogP contribution in [-0.4, -0.2) is 17.7 Å². The molecule has 1 saturated heterocycles. The topological polar surface area (TPSA) is 52.6 Å². The number of benzene rings is 2. The first-order valence-electron chi connectivity index (χ1n) is 9.08. The minimum Gasteiger partial charge on any atom is -0.422 e. The highest BCUT2D eigenvalue weighted by Gasteiger charge is 2.57. The van der Waals surface area contributed by atoms with Crippen LogP contribution in [-0.2, 0) is 31.9 Å². The average molecular weight is 352 g/mol. The van der Waals surface area contributed by atoms with Crippen LogP contribution >= 0.6 is 0 Å². The van der Waals surface area contributed by atoms with Gasteiger partial charge in [0.15, 0.2) is 5.41 Å². The van der Waals surface area contributed by atoms with Gasteiger partial charge in [-0.3, -0.25) is 9.59 Å². The van der Waals surface area contributed by atoms with Gasteiger partial charge in [0.05, 0.1) is 0 Å². The summed E-state index contributed by atoms with van der Waals surface area (Å²) < 4.78 is 11.4.